The minimum atomic E-state index is -3.65. The van der Waals surface area contributed by atoms with Gasteiger partial charge in [-0.15, -0.1) is 0 Å². The number of ether oxygens (including phenoxy) is 1. The molecule has 7 heteroatoms. The molecular formula is C26H28N2O4S. The van der Waals surface area contributed by atoms with Gasteiger partial charge in [-0.05, 0) is 80.3 Å². The molecular weight excluding hydrogens is 436 g/mol. The van der Waals surface area contributed by atoms with Crippen molar-refractivity contribution in [2.75, 3.05) is 18.4 Å². The van der Waals surface area contributed by atoms with E-state index in [4.69, 9.17) is 4.74 Å². The van der Waals surface area contributed by atoms with E-state index in [-0.39, 0.29) is 12.5 Å². The number of piperidine rings is 1. The minimum absolute atomic E-state index is 0.174. The van der Waals surface area contributed by atoms with E-state index in [0.29, 0.717) is 41.3 Å². The Morgan fingerprint density at radius 3 is 2.39 bits per heavy atom. The number of nitrogens with one attached hydrogen (secondary N) is 1. The van der Waals surface area contributed by atoms with Crippen molar-refractivity contribution in [2.24, 2.45) is 5.92 Å². The predicted molar refractivity (Wildman–Crippen MR) is 129 cm³/mol. The first-order valence-corrected chi connectivity index (χ1v) is 12.5. The summed E-state index contributed by atoms with van der Waals surface area (Å²) in [5, 5.41) is 2.92. The Labute approximate surface area is 195 Å². The van der Waals surface area contributed by atoms with Gasteiger partial charge in [0.1, 0.15) is 11.5 Å². The molecule has 3 aromatic rings. The summed E-state index contributed by atoms with van der Waals surface area (Å²) in [6, 6.07) is 22.0. The molecule has 6 nitrogen and oxygen atoms in total. The van der Waals surface area contributed by atoms with Crippen LogP contribution in [0.15, 0.2) is 77.7 Å². The van der Waals surface area contributed by atoms with Gasteiger partial charge in [0.05, 0.1) is 10.8 Å². The number of hydrogen-bond donors (Lipinski definition) is 1. The van der Waals surface area contributed by atoms with Gasteiger partial charge < -0.3 is 10.1 Å². The second-order valence-electron chi connectivity index (χ2n) is 8.40. The fraction of sp³-hybridized carbons (Fsp3) is 0.269. The first kappa shape index (κ1) is 23.0. The number of carbonyl (C=O) groups excluding carboxylic acids is 1. The van der Waals surface area contributed by atoms with E-state index in [1.54, 1.807) is 37.3 Å². The summed E-state index contributed by atoms with van der Waals surface area (Å²) in [5.41, 5.74) is 2.25. The molecule has 1 aliphatic rings. The number of amides is 1. The predicted octanol–water partition coefficient (Wildman–Crippen LogP) is 5.14. The number of para-hydroxylation sites is 1. The monoisotopic (exact) mass is 464 g/mol. The second-order valence-corrected chi connectivity index (χ2v) is 10.3. The molecule has 0 bridgehead atoms. The van der Waals surface area contributed by atoms with Crippen LogP contribution in [-0.2, 0) is 14.8 Å². The SMILES string of the molecule is Cc1ccc(C)c(S(=O)(=O)N2CCCC(C(=O)Nc3ccc(Oc4ccccc4)cc3)C2)c1. The number of hydrogen-bond acceptors (Lipinski definition) is 4. The van der Waals surface area contributed by atoms with E-state index < -0.39 is 15.9 Å². The van der Waals surface area contributed by atoms with E-state index in [0.717, 1.165) is 11.3 Å². The zero-order valence-electron chi connectivity index (χ0n) is 18.8. The van der Waals surface area contributed by atoms with E-state index >= 15 is 0 Å². The van der Waals surface area contributed by atoms with Crippen LogP contribution >= 0.6 is 0 Å². The molecule has 4 rings (SSSR count). The molecule has 1 unspecified atom stereocenters. The van der Waals surface area contributed by atoms with Crippen molar-refractivity contribution in [3.05, 3.63) is 83.9 Å². The average Bonchev–Trinajstić information content (AvgIpc) is 2.82. The van der Waals surface area contributed by atoms with Crippen LogP contribution in [0.2, 0.25) is 0 Å². The van der Waals surface area contributed by atoms with Crippen LogP contribution in [0, 0.1) is 19.8 Å². The molecule has 0 spiro atoms. The van der Waals surface area contributed by atoms with Crippen molar-refractivity contribution in [3.63, 3.8) is 0 Å². The van der Waals surface area contributed by atoms with Gasteiger partial charge in [0, 0.05) is 18.8 Å². The highest BCUT2D eigenvalue weighted by Crippen LogP contribution is 2.28. The van der Waals surface area contributed by atoms with Crippen molar-refractivity contribution in [3.8, 4) is 11.5 Å². The third-order valence-electron chi connectivity index (χ3n) is 5.82. The molecule has 1 aliphatic heterocycles. The lowest BCUT2D eigenvalue weighted by molar-refractivity contribution is -0.120. The molecule has 1 fully saturated rings. The zero-order valence-corrected chi connectivity index (χ0v) is 19.6. The summed E-state index contributed by atoms with van der Waals surface area (Å²) in [5.74, 6) is 0.829. The number of benzene rings is 3. The van der Waals surface area contributed by atoms with Gasteiger partial charge in [-0.2, -0.15) is 4.31 Å². The van der Waals surface area contributed by atoms with Gasteiger partial charge in [-0.1, -0.05) is 30.3 Å². The molecule has 172 valence electrons. The maximum Gasteiger partial charge on any atom is 0.243 e. The number of aryl methyl sites for hydroxylation is 2. The van der Waals surface area contributed by atoms with Crippen LogP contribution < -0.4 is 10.1 Å². The Kier molecular flexibility index (Phi) is 6.81. The molecule has 1 heterocycles. The van der Waals surface area contributed by atoms with Crippen molar-refractivity contribution in [1.29, 1.82) is 0 Å². The van der Waals surface area contributed by atoms with Crippen LogP contribution in [0.5, 0.6) is 11.5 Å². The molecule has 0 aliphatic carbocycles. The van der Waals surface area contributed by atoms with Gasteiger partial charge >= 0.3 is 0 Å². The van der Waals surface area contributed by atoms with E-state index in [1.807, 2.05) is 49.4 Å². The van der Waals surface area contributed by atoms with Crippen molar-refractivity contribution in [2.45, 2.75) is 31.6 Å². The Morgan fingerprint density at radius 1 is 0.970 bits per heavy atom. The lowest BCUT2D eigenvalue weighted by Gasteiger charge is -2.31. The molecule has 1 N–H and O–H groups in total. The summed E-state index contributed by atoms with van der Waals surface area (Å²) in [6.07, 6.45) is 1.30. The van der Waals surface area contributed by atoms with Crippen LogP contribution in [0.3, 0.4) is 0 Å². The number of carbonyl (C=O) groups is 1. The Bertz CT molecular complexity index is 1220. The standard InChI is InChI=1S/C26H28N2O4S/c1-19-10-11-20(2)25(17-19)33(30,31)28-16-6-7-21(18-28)26(29)27-22-12-14-24(15-13-22)32-23-8-4-3-5-9-23/h3-5,8-15,17,21H,6-7,16,18H2,1-2H3,(H,27,29). The summed E-state index contributed by atoms with van der Waals surface area (Å²) < 4.78 is 33.7. The Balaban J connectivity index is 1.41. The van der Waals surface area contributed by atoms with Crippen LogP contribution in [0.4, 0.5) is 5.69 Å². The molecule has 33 heavy (non-hydrogen) atoms. The summed E-state index contributed by atoms with van der Waals surface area (Å²) in [7, 11) is -3.65. The van der Waals surface area contributed by atoms with Crippen molar-refractivity contribution in [1.82, 2.24) is 4.31 Å². The van der Waals surface area contributed by atoms with Crippen LogP contribution in [-0.4, -0.2) is 31.7 Å². The average molecular weight is 465 g/mol. The first-order chi connectivity index (χ1) is 15.8. The molecule has 0 aromatic heterocycles. The second kappa shape index (κ2) is 9.77. The lowest BCUT2D eigenvalue weighted by Crippen LogP contribution is -2.43. The maximum atomic E-state index is 13.3. The quantitative estimate of drug-likeness (QED) is 0.548. The van der Waals surface area contributed by atoms with E-state index in [9.17, 15) is 13.2 Å². The van der Waals surface area contributed by atoms with E-state index in [1.165, 1.54) is 4.31 Å². The van der Waals surface area contributed by atoms with Crippen molar-refractivity contribution < 1.29 is 17.9 Å². The maximum absolute atomic E-state index is 13.3. The summed E-state index contributed by atoms with van der Waals surface area (Å²) in [6.45, 7) is 4.27. The smallest absolute Gasteiger partial charge is 0.243 e. The number of anilines is 1. The molecule has 1 atom stereocenters. The normalized spacial score (nSPS) is 16.8. The first-order valence-electron chi connectivity index (χ1n) is 11.0. The highest BCUT2D eigenvalue weighted by molar-refractivity contribution is 7.89. The fourth-order valence-corrected chi connectivity index (χ4v) is 5.81. The van der Waals surface area contributed by atoms with Gasteiger partial charge in [-0.25, -0.2) is 8.42 Å². The lowest BCUT2D eigenvalue weighted by atomic mass is 9.99. The molecule has 1 saturated heterocycles. The summed E-state index contributed by atoms with van der Waals surface area (Å²) in [4.78, 5) is 13.2. The molecule has 0 saturated carbocycles. The van der Waals surface area contributed by atoms with Gasteiger partial charge in [0.2, 0.25) is 15.9 Å². The highest BCUT2D eigenvalue weighted by Gasteiger charge is 2.34. The molecule has 1 amide bonds. The van der Waals surface area contributed by atoms with Gasteiger partial charge in [-0.3, -0.25) is 4.79 Å². The minimum Gasteiger partial charge on any atom is -0.457 e. The number of rotatable bonds is 6. The largest absolute Gasteiger partial charge is 0.457 e. The topological polar surface area (TPSA) is 75.7 Å². The highest BCUT2D eigenvalue weighted by atomic mass is 32.2. The van der Waals surface area contributed by atoms with Crippen LogP contribution in [0.1, 0.15) is 24.0 Å². The zero-order chi connectivity index (χ0) is 23.4. The third kappa shape index (κ3) is 5.43. The Hall–Kier alpha value is -3.16. The number of sulfonamides is 1. The van der Waals surface area contributed by atoms with Crippen molar-refractivity contribution >= 4 is 21.6 Å². The molecule has 0 radical (unpaired) electrons. The van der Waals surface area contributed by atoms with E-state index in [2.05, 4.69) is 5.32 Å². The van der Waals surface area contributed by atoms with Gasteiger partial charge in [0.15, 0.2) is 0 Å². The Morgan fingerprint density at radius 2 is 1.67 bits per heavy atom. The van der Waals surface area contributed by atoms with Crippen LogP contribution in [0.25, 0.3) is 0 Å². The van der Waals surface area contributed by atoms with Gasteiger partial charge in [0.25, 0.3) is 0 Å². The number of nitrogens with zero attached hydrogens (tertiary/aromatic N) is 1. The summed E-state index contributed by atoms with van der Waals surface area (Å²) >= 11 is 0. The molecule has 3 aromatic carbocycles. The third-order valence-corrected chi connectivity index (χ3v) is 7.82. The fourth-order valence-electron chi connectivity index (χ4n) is 3.97.